The molecule has 2 heteroatoms. The fraction of sp³-hybridized carbons (Fsp3) is 0.778. The Morgan fingerprint density at radius 3 is 2.45 bits per heavy atom. The van der Waals surface area contributed by atoms with Crippen molar-refractivity contribution in [2.45, 2.75) is 24.9 Å². The lowest BCUT2D eigenvalue weighted by atomic mass is 9.66. The molecule has 3 aliphatic rings. The van der Waals surface area contributed by atoms with Crippen LogP contribution in [0, 0.1) is 11.8 Å². The van der Waals surface area contributed by atoms with Gasteiger partial charge in [0.2, 0.25) is 0 Å². The second-order valence-electron chi connectivity index (χ2n) is 3.79. The van der Waals surface area contributed by atoms with E-state index in [1.54, 1.807) is 0 Å². The molecular weight excluding hydrogens is 140 g/mol. The monoisotopic (exact) mass is 154 g/mol. The van der Waals surface area contributed by atoms with E-state index in [1.807, 2.05) is 0 Å². The molecule has 0 heterocycles. The number of aliphatic hydroxyl groups is 2. The van der Waals surface area contributed by atoms with Crippen molar-refractivity contribution in [2.75, 3.05) is 6.61 Å². The second-order valence-corrected chi connectivity index (χ2v) is 3.79. The van der Waals surface area contributed by atoms with E-state index in [0.29, 0.717) is 5.92 Å². The molecule has 3 aliphatic carbocycles. The van der Waals surface area contributed by atoms with Crippen molar-refractivity contribution < 1.29 is 10.2 Å². The van der Waals surface area contributed by atoms with Gasteiger partial charge in [0, 0.05) is 5.92 Å². The standard InChI is InChI=1S/C9H14O2/c10-6-9(11)5-7-1-3-8(9)4-2-7/h1,3,7-8,10-11H,2,4-6H2/t7-,8+,9-/m0/s1. The molecule has 2 bridgehead atoms. The van der Waals surface area contributed by atoms with E-state index in [-0.39, 0.29) is 12.5 Å². The largest absolute Gasteiger partial charge is 0.393 e. The van der Waals surface area contributed by atoms with Crippen molar-refractivity contribution in [3.8, 4) is 0 Å². The SMILES string of the molecule is OC[C@@]1(O)C[C@H]2C=C[C@@H]1CC2. The van der Waals surface area contributed by atoms with Crippen LogP contribution in [0.3, 0.4) is 0 Å². The third-order valence-corrected chi connectivity index (χ3v) is 3.04. The lowest BCUT2D eigenvalue weighted by molar-refractivity contribution is -0.0856. The number of allylic oxidation sites excluding steroid dienone is 1. The Kier molecular flexibility index (Phi) is 1.55. The summed E-state index contributed by atoms with van der Waals surface area (Å²) in [5.41, 5.74) is -0.794. The smallest absolute Gasteiger partial charge is 0.0945 e. The van der Waals surface area contributed by atoms with Gasteiger partial charge in [-0.05, 0) is 25.2 Å². The van der Waals surface area contributed by atoms with Gasteiger partial charge in [0.15, 0.2) is 0 Å². The zero-order valence-corrected chi connectivity index (χ0v) is 6.53. The minimum atomic E-state index is -0.794. The number of fused-ring (bicyclic) bond motifs is 2. The summed E-state index contributed by atoms with van der Waals surface area (Å²) in [6.45, 7) is -0.0848. The highest BCUT2D eigenvalue weighted by molar-refractivity contribution is 5.12. The molecule has 3 rings (SSSR count). The van der Waals surface area contributed by atoms with Gasteiger partial charge in [-0.1, -0.05) is 12.2 Å². The summed E-state index contributed by atoms with van der Waals surface area (Å²) in [6, 6.07) is 0. The molecule has 0 unspecified atom stereocenters. The Morgan fingerprint density at radius 2 is 2.18 bits per heavy atom. The molecule has 0 radical (unpaired) electrons. The molecule has 1 fully saturated rings. The van der Waals surface area contributed by atoms with Gasteiger partial charge in [-0.3, -0.25) is 0 Å². The molecule has 0 aliphatic heterocycles. The molecule has 62 valence electrons. The number of hydrogen-bond donors (Lipinski definition) is 2. The van der Waals surface area contributed by atoms with Crippen molar-refractivity contribution >= 4 is 0 Å². The molecule has 3 atom stereocenters. The Bertz CT molecular complexity index is 188. The maximum atomic E-state index is 9.87. The summed E-state index contributed by atoms with van der Waals surface area (Å²) in [7, 11) is 0. The Labute approximate surface area is 66.5 Å². The predicted octanol–water partition coefficient (Wildman–Crippen LogP) is 0.696. The van der Waals surface area contributed by atoms with Crippen molar-refractivity contribution in [2.24, 2.45) is 11.8 Å². The highest BCUT2D eigenvalue weighted by atomic mass is 16.3. The summed E-state index contributed by atoms with van der Waals surface area (Å²) in [4.78, 5) is 0. The van der Waals surface area contributed by atoms with Gasteiger partial charge in [-0.2, -0.15) is 0 Å². The maximum absolute atomic E-state index is 9.87. The highest BCUT2D eigenvalue weighted by Gasteiger charge is 2.42. The molecule has 11 heavy (non-hydrogen) atoms. The van der Waals surface area contributed by atoms with E-state index >= 15 is 0 Å². The summed E-state index contributed by atoms with van der Waals surface area (Å²) < 4.78 is 0. The minimum Gasteiger partial charge on any atom is -0.393 e. The van der Waals surface area contributed by atoms with Gasteiger partial charge in [-0.25, -0.2) is 0 Å². The topological polar surface area (TPSA) is 40.5 Å². The molecule has 0 aromatic carbocycles. The molecule has 2 N–H and O–H groups in total. The fourth-order valence-electron chi connectivity index (χ4n) is 2.28. The summed E-state index contributed by atoms with van der Waals surface area (Å²) in [5, 5.41) is 18.9. The van der Waals surface area contributed by atoms with Crippen molar-refractivity contribution in [3.05, 3.63) is 12.2 Å². The summed E-state index contributed by atoms with van der Waals surface area (Å²) >= 11 is 0. The van der Waals surface area contributed by atoms with Gasteiger partial charge in [-0.15, -0.1) is 0 Å². The van der Waals surface area contributed by atoms with Gasteiger partial charge in [0.25, 0.3) is 0 Å². The number of hydrogen-bond acceptors (Lipinski definition) is 2. The molecule has 2 nitrogen and oxygen atoms in total. The third-order valence-electron chi connectivity index (χ3n) is 3.04. The number of aliphatic hydroxyl groups excluding tert-OH is 1. The first-order valence-electron chi connectivity index (χ1n) is 4.26. The van der Waals surface area contributed by atoms with Crippen molar-refractivity contribution in [1.29, 1.82) is 0 Å². The van der Waals surface area contributed by atoms with E-state index in [1.165, 1.54) is 6.42 Å². The minimum absolute atomic E-state index is 0.0848. The lowest BCUT2D eigenvalue weighted by Gasteiger charge is -2.43. The van der Waals surface area contributed by atoms with Crippen LogP contribution < -0.4 is 0 Å². The van der Waals surface area contributed by atoms with Crippen LogP contribution in [0.5, 0.6) is 0 Å². The average molecular weight is 154 g/mol. The van der Waals surface area contributed by atoms with E-state index in [0.717, 1.165) is 12.8 Å². The first-order valence-corrected chi connectivity index (χ1v) is 4.26. The maximum Gasteiger partial charge on any atom is 0.0945 e. The van der Waals surface area contributed by atoms with Crippen LogP contribution in [-0.2, 0) is 0 Å². The first kappa shape index (κ1) is 7.32. The van der Waals surface area contributed by atoms with Crippen LogP contribution in [0.15, 0.2) is 12.2 Å². The van der Waals surface area contributed by atoms with Gasteiger partial charge >= 0.3 is 0 Å². The molecule has 0 saturated heterocycles. The lowest BCUT2D eigenvalue weighted by Crippen LogP contribution is -2.47. The zero-order valence-electron chi connectivity index (χ0n) is 6.53. The van der Waals surface area contributed by atoms with Crippen LogP contribution in [0.4, 0.5) is 0 Å². The average Bonchev–Trinajstić information content (AvgIpc) is 2.06. The van der Waals surface area contributed by atoms with Gasteiger partial charge in [0.1, 0.15) is 0 Å². The van der Waals surface area contributed by atoms with E-state index in [9.17, 15) is 5.11 Å². The Morgan fingerprint density at radius 1 is 1.36 bits per heavy atom. The Hall–Kier alpha value is -0.340. The quantitative estimate of drug-likeness (QED) is 0.546. The van der Waals surface area contributed by atoms with E-state index < -0.39 is 5.60 Å². The second kappa shape index (κ2) is 2.32. The zero-order chi connectivity index (χ0) is 7.90. The van der Waals surface area contributed by atoms with Crippen LogP contribution in [0.2, 0.25) is 0 Å². The predicted molar refractivity (Wildman–Crippen MR) is 42.0 cm³/mol. The highest BCUT2D eigenvalue weighted by Crippen LogP contribution is 2.42. The van der Waals surface area contributed by atoms with E-state index in [2.05, 4.69) is 12.2 Å². The Balaban J connectivity index is 2.23. The van der Waals surface area contributed by atoms with Crippen molar-refractivity contribution in [1.82, 2.24) is 0 Å². The van der Waals surface area contributed by atoms with Crippen molar-refractivity contribution in [3.63, 3.8) is 0 Å². The first-order chi connectivity index (χ1) is 5.24. The molecule has 0 spiro atoms. The summed E-state index contributed by atoms with van der Waals surface area (Å²) in [5.74, 6) is 0.717. The molecule has 0 amide bonds. The van der Waals surface area contributed by atoms with Gasteiger partial charge < -0.3 is 10.2 Å². The third kappa shape index (κ3) is 1.01. The van der Waals surface area contributed by atoms with Crippen LogP contribution in [0.1, 0.15) is 19.3 Å². The molecule has 0 aromatic heterocycles. The normalized spacial score (nSPS) is 48.2. The van der Waals surface area contributed by atoms with Gasteiger partial charge in [0.05, 0.1) is 12.2 Å². The molecule has 1 saturated carbocycles. The fourth-order valence-corrected chi connectivity index (χ4v) is 2.28. The van der Waals surface area contributed by atoms with Crippen LogP contribution >= 0.6 is 0 Å². The number of rotatable bonds is 1. The molecule has 0 aromatic rings. The van der Waals surface area contributed by atoms with Crippen LogP contribution in [-0.4, -0.2) is 22.4 Å². The van der Waals surface area contributed by atoms with Crippen LogP contribution in [0.25, 0.3) is 0 Å². The molecular formula is C9H14O2. The summed E-state index contributed by atoms with van der Waals surface area (Å²) in [6.07, 6.45) is 7.22. The van der Waals surface area contributed by atoms with E-state index in [4.69, 9.17) is 5.11 Å².